The van der Waals surface area contributed by atoms with Crippen molar-refractivity contribution in [1.29, 1.82) is 0 Å². The minimum absolute atomic E-state index is 0. The van der Waals surface area contributed by atoms with Crippen LogP contribution in [0.1, 0.15) is 44.9 Å². The summed E-state index contributed by atoms with van der Waals surface area (Å²) in [6.07, 6.45) is 6.71. The Morgan fingerprint density at radius 3 is 2.00 bits per heavy atom. The van der Waals surface area contributed by atoms with Crippen molar-refractivity contribution in [2.24, 2.45) is 23.5 Å². The quantitative estimate of drug-likeness (QED) is 0.713. The molecule has 3 fully saturated rings. The number of carbonyl (C=O) groups is 2. The van der Waals surface area contributed by atoms with Crippen molar-refractivity contribution in [2.75, 3.05) is 17.2 Å². The van der Waals surface area contributed by atoms with E-state index >= 15 is 0 Å². The first kappa shape index (κ1) is 21.1. The molecule has 4 rings (SSSR count). The minimum Gasteiger partial charge on any atom is -0.368 e. The third-order valence-electron chi connectivity index (χ3n) is 6.43. The molecular weight excluding hydrogens is 378 g/mol. The minimum atomic E-state index is -0.346. The summed E-state index contributed by atoms with van der Waals surface area (Å²) in [7, 11) is 0. The summed E-state index contributed by atoms with van der Waals surface area (Å²) in [5, 5.41) is 5.90. The fourth-order valence-corrected chi connectivity index (χ4v) is 4.89. The summed E-state index contributed by atoms with van der Waals surface area (Å²) in [4.78, 5) is 24.8. The van der Waals surface area contributed by atoms with E-state index in [1.165, 1.54) is 6.42 Å². The molecule has 0 spiro atoms. The molecule has 1 aromatic carbocycles. The SMILES string of the molecule is Cl.NC1C2CCCC1CC(C(=O)Nc1ccc(NC(=O)C3CCCO3)cc1)C2. The van der Waals surface area contributed by atoms with E-state index in [1.807, 2.05) is 24.3 Å². The molecule has 2 aliphatic carbocycles. The van der Waals surface area contributed by atoms with Crippen molar-refractivity contribution in [3.63, 3.8) is 0 Å². The Bertz CT molecular complexity index is 677. The van der Waals surface area contributed by atoms with Crippen LogP contribution in [-0.4, -0.2) is 30.6 Å². The molecule has 4 N–H and O–H groups in total. The van der Waals surface area contributed by atoms with E-state index in [0.717, 1.165) is 44.2 Å². The molecule has 3 unspecified atom stereocenters. The summed E-state index contributed by atoms with van der Waals surface area (Å²) in [6.45, 7) is 0.650. The van der Waals surface area contributed by atoms with Gasteiger partial charge in [0, 0.05) is 29.9 Å². The zero-order chi connectivity index (χ0) is 18.8. The molecule has 7 heteroatoms. The first-order valence-corrected chi connectivity index (χ1v) is 10.2. The van der Waals surface area contributed by atoms with Crippen LogP contribution in [0.4, 0.5) is 11.4 Å². The van der Waals surface area contributed by atoms with Crippen LogP contribution < -0.4 is 16.4 Å². The van der Waals surface area contributed by atoms with Crippen LogP contribution in [0.3, 0.4) is 0 Å². The molecule has 3 aliphatic rings. The maximum atomic E-state index is 12.7. The third kappa shape index (κ3) is 4.67. The van der Waals surface area contributed by atoms with Crippen LogP contribution in [0.25, 0.3) is 0 Å². The first-order chi connectivity index (χ1) is 13.1. The second kappa shape index (κ2) is 9.25. The molecule has 1 aliphatic heterocycles. The molecule has 1 saturated heterocycles. The van der Waals surface area contributed by atoms with Gasteiger partial charge in [-0.1, -0.05) is 6.42 Å². The number of nitrogens with two attached hydrogens (primary N) is 1. The van der Waals surface area contributed by atoms with Gasteiger partial charge in [0.05, 0.1) is 0 Å². The Hall–Kier alpha value is -1.63. The van der Waals surface area contributed by atoms with Gasteiger partial charge < -0.3 is 21.1 Å². The van der Waals surface area contributed by atoms with Crippen LogP contribution in [0.2, 0.25) is 0 Å². The summed E-state index contributed by atoms with van der Waals surface area (Å²) >= 11 is 0. The number of nitrogens with one attached hydrogen (secondary N) is 2. The van der Waals surface area contributed by atoms with Gasteiger partial charge in [0.15, 0.2) is 0 Å². The fourth-order valence-electron chi connectivity index (χ4n) is 4.89. The van der Waals surface area contributed by atoms with Gasteiger partial charge in [0.25, 0.3) is 5.91 Å². The Balaban J connectivity index is 0.00000225. The smallest absolute Gasteiger partial charge is 0.253 e. The zero-order valence-corrected chi connectivity index (χ0v) is 16.9. The van der Waals surface area contributed by atoms with Crippen molar-refractivity contribution in [2.45, 2.75) is 57.1 Å². The zero-order valence-electron chi connectivity index (χ0n) is 16.1. The molecular formula is C21H30ClN3O3. The lowest BCUT2D eigenvalue weighted by molar-refractivity contribution is -0.124. The number of fused-ring (bicyclic) bond motifs is 2. The number of hydrogen-bond acceptors (Lipinski definition) is 4. The molecule has 0 aromatic heterocycles. The van der Waals surface area contributed by atoms with Crippen molar-refractivity contribution >= 4 is 35.6 Å². The highest BCUT2D eigenvalue weighted by molar-refractivity contribution is 5.95. The van der Waals surface area contributed by atoms with E-state index in [-0.39, 0.29) is 42.3 Å². The molecule has 2 amide bonds. The van der Waals surface area contributed by atoms with E-state index in [1.54, 1.807) is 0 Å². The van der Waals surface area contributed by atoms with Crippen LogP contribution >= 0.6 is 12.4 Å². The predicted octanol–water partition coefficient (Wildman–Crippen LogP) is 3.32. The van der Waals surface area contributed by atoms with Crippen molar-refractivity contribution in [3.8, 4) is 0 Å². The molecule has 1 heterocycles. The van der Waals surface area contributed by atoms with Crippen molar-refractivity contribution in [3.05, 3.63) is 24.3 Å². The van der Waals surface area contributed by atoms with Gasteiger partial charge in [0.1, 0.15) is 6.10 Å². The van der Waals surface area contributed by atoms with Gasteiger partial charge in [-0.25, -0.2) is 0 Å². The average molecular weight is 408 g/mol. The van der Waals surface area contributed by atoms with Gasteiger partial charge in [0.2, 0.25) is 5.91 Å². The second-order valence-corrected chi connectivity index (χ2v) is 8.25. The van der Waals surface area contributed by atoms with Gasteiger partial charge >= 0.3 is 0 Å². The van der Waals surface area contributed by atoms with Crippen LogP contribution in [0.5, 0.6) is 0 Å². The number of carbonyl (C=O) groups excluding carboxylic acids is 2. The lowest BCUT2D eigenvalue weighted by atomic mass is 9.65. The summed E-state index contributed by atoms with van der Waals surface area (Å²) in [6, 6.07) is 7.56. The normalized spacial score (nSPS) is 31.5. The second-order valence-electron chi connectivity index (χ2n) is 8.25. The topological polar surface area (TPSA) is 93.5 Å². The maximum Gasteiger partial charge on any atom is 0.253 e. The Kier molecular flexibility index (Phi) is 6.96. The van der Waals surface area contributed by atoms with Gasteiger partial charge in [-0.15, -0.1) is 12.4 Å². The number of rotatable bonds is 4. The molecule has 0 radical (unpaired) electrons. The van der Waals surface area contributed by atoms with Gasteiger partial charge in [-0.05, 0) is 74.6 Å². The highest BCUT2D eigenvalue weighted by Crippen LogP contribution is 2.42. The van der Waals surface area contributed by atoms with Crippen molar-refractivity contribution < 1.29 is 14.3 Å². The number of amides is 2. The molecule has 3 atom stereocenters. The largest absolute Gasteiger partial charge is 0.368 e. The average Bonchev–Trinajstić information content (AvgIpc) is 3.18. The summed E-state index contributed by atoms with van der Waals surface area (Å²) in [5.74, 6) is 1.02. The molecule has 2 saturated carbocycles. The van der Waals surface area contributed by atoms with Crippen LogP contribution in [0.15, 0.2) is 24.3 Å². The molecule has 1 aromatic rings. The highest BCUT2D eigenvalue weighted by Gasteiger charge is 2.40. The lowest BCUT2D eigenvalue weighted by Crippen LogP contribution is -2.48. The number of anilines is 2. The van der Waals surface area contributed by atoms with Gasteiger partial charge in [-0.3, -0.25) is 9.59 Å². The fraction of sp³-hybridized carbons (Fsp3) is 0.619. The third-order valence-corrected chi connectivity index (χ3v) is 6.43. The van der Waals surface area contributed by atoms with E-state index in [2.05, 4.69) is 10.6 Å². The molecule has 6 nitrogen and oxygen atoms in total. The molecule has 28 heavy (non-hydrogen) atoms. The summed E-state index contributed by atoms with van der Waals surface area (Å²) < 4.78 is 5.39. The van der Waals surface area contributed by atoms with E-state index in [0.29, 0.717) is 24.1 Å². The number of ether oxygens (including phenoxy) is 1. The maximum absolute atomic E-state index is 12.7. The Labute approximate surface area is 172 Å². The number of hydrogen-bond donors (Lipinski definition) is 3. The predicted molar refractivity (Wildman–Crippen MR) is 111 cm³/mol. The molecule has 2 bridgehead atoms. The van der Waals surface area contributed by atoms with E-state index in [4.69, 9.17) is 10.5 Å². The van der Waals surface area contributed by atoms with Crippen LogP contribution in [-0.2, 0) is 14.3 Å². The Morgan fingerprint density at radius 2 is 1.46 bits per heavy atom. The van der Waals surface area contributed by atoms with Crippen LogP contribution in [0, 0.1) is 17.8 Å². The number of benzene rings is 1. The monoisotopic (exact) mass is 407 g/mol. The first-order valence-electron chi connectivity index (χ1n) is 10.2. The molecule has 154 valence electrons. The van der Waals surface area contributed by atoms with E-state index < -0.39 is 0 Å². The number of halogens is 1. The van der Waals surface area contributed by atoms with Gasteiger partial charge in [-0.2, -0.15) is 0 Å². The lowest BCUT2D eigenvalue weighted by Gasteiger charge is -2.43. The highest BCUT2D eigenvalue weighted by atomic mass is 35.5. The van der Waals surface area contributed by atoms with Crippen molar-refractivity contribution in [1.82, 2.24) is 0 Å². The standard InChI is InChI=1S/C21H29N3O3.ClH/c22-19-13-3-1-4-14(19)12-15(11-13)20(25)23-16-6-8-17(9-7-16)24-21(26)18-5-2-10-27-18;/h6-9,13-15,18-19H,1-5,10-12,22H2,(H,23,25)(H,24,26);1H. The van der Waals surface area contributed by atoms with E-state index in [9.17, 15) is 9.59 Å². The summed E-state index contributed by atoms with van der Waals surface area (Å²) in [5.41, 5.74) is 7.80. The Morgan fingerprint density at radius 1 is 0.893 bits per heavy atom.